The Bertz CT molecular complexity index is 1470. The van der Waals surface area contributed by atoms with Crippen molar-refractivity contribution < 1.29 is 9.53 Å². The van der Waals surface area contributed by atoms with E-state index in [1.165, 1.54) is 0 Å². The zero-order valence-corrected chi connectivity index (χ0v) is 22.3. The summed E-state index contributed by atoms with van der Waals surface area (Å²) in [6.07, 6.45) is 4.04. The van der Waals surface area contributed by atoms with Gasteiger partial charge in [0.1, 0.15) is 11.6 Å². The average Bonchev–Trinajstić information content (AvgIpc) is 2.97. The molecule has 0 aliphatic heterocycles. The van der Waals surface area contributed by atoms with E-state index in [4.69, 9.17) is 15.5 Å². The Balaban J connectivity index is 1.69. The van der Waals surface area contributed by atoms with E-state index >= 15 is 0 Å². The Kier molecular flexibility index (Phi) is 9.19. The summed E-state index contributed by atoms with van der Waals surface area (Å²) in [6.45, 7) is 6.52. The van der Waals surface area contributed by atoms with Crippen molar-refractivity contribution in [2.45, 2.75) is 19.9 Å². The van der Waals surface area contributed by atoms with Crippen LogP contribution >= 0.6 is 0 Å². The quantitative estimate of drug-likeness (QED) is 0.208. The van der Waals surface area contributed by atoms with Crippen LogP contribution in [0.4, 0.5) is 5.69 Å². The van der Waals surface area contributed by atoms with E-state index in [1.54, 1.807) is 19.5 Å². The van der Waals surface area contributed by atoms with E-state index in [2.05, 4.69) is 22.0 Å². The van der Waals surface area contributed by atoms with Crippen LogP contribution < -0.4 is 15.8 Å². The van der Waals surface area contributed by atoms with Crippen molar-refractivity contribution in [1.82, 2.24) is 10.3 Å². The van der Waals surface area contributed by atoms with Crippen LogP contribution in [0.1, 0.15) is 22.3 Å². The first-order chi connectivity index (χ1) is 19.0. The van der Waals surface area contributed by atoms with Crippen molar-refractivity contribution >= 4 is 24.1 Å². The molecule has 39 heavy (non-hydrogen) atoms. The molecule has 198 valence electrons. The summed E-state index contributed by atoms with van der Waals surface area (Å²) in [5.41, 5.74) is 12.4. The minimum atomic E-state index is -0.434. The van der Waals surface area contributed by atoms with Gasteiger partial charge < -0.3 is 15.8 Å². The number of methoxy groups -OCH3 is 1. The molecule has 7 nitrogen and oxygen atoms in total. The standard InChI is InChI=1S/C32H33N5O2/c1-22-8-4-5-10-24(22)16-27(31(33)38)21-37-32(36-20-23-9-7-15-35-19-23)29-18-26(13-14-30(29)34-2)25-11-6-12-28(17-25)39-3/h4-15,17-19,27H,2,16,20-21H2,1,3H3,(H2,33,38)(H,36,37). The molecule has 0 saturated carbocycles. The lowest BCUT2D eigenvalue weighted by atomic mass is 9.95. The molecule has 1 aromatic heterocycles. The van der Waals surface area contributed by atoms with Crippen LogP contribution in [0.3, 0.4) is 0 Å². The maximum atomic E-state index is 12.5. The number of nitrogens with one attached hydrogen (secondary N) is 1. The molecule has 0 fully saturated rings. The van der Waals surface area contributed by atoms with E-state index in [0.717, 1.165) is 39.1 Å². The third-order valence-corrected chi connectivity index (χ3v) is 6.61. The molecule has 7 heteroatoms. The van der Waals surface area contributed by atoms with Gasteiger partial charge in [-0.15, -0.1) is 0 Å². The second kappa shape index (κ2) is 13.1. The summed E-state index contributed by atoms with van der Waals surface area (Å²) < 4.78 is 5.42. The topological polar surface area (TPSA) is 102 Å². The molecule has 3 aromatic carbocycles. The van der Waals surface area contributed by atoms with Gasteiger partial charge in [0, 0.05) is 24.5 Å². The minimum Gasteiger partial charge on any atom is -0.497 e. The fourth-order valence-corrected chi connectivity index (χ4v) is 4.34. The summed E-state index contributed by atoms with van der Waals surface area (Å²) in [4.78, 5) is 25.8. The van der Waals surface area contributed by atoms with Crippen LogP contribution in [0.5, 0.6) is 5.75 Å². The molecule has 0 spiro atoms. The number of carbonyl (C=O) groups excluding carboxylic acids is 1. The number of amides is 1. The monoisotopic (exact) mass is 519 g/mol. The number of ether oxygens (including phenoxy) is 1. The number of amidine groups is 1. The Labute approximate surface area is 229 Å². The summed E-state index contributed by atoms with van der Waals surface area (Å²) in [5, 5.41) is 3.42. The van der Waals surface area contributed by atoms with Gasteiger partial charge >= 0.3 is 0 Å². The Morgan fingerprint density at radius 2 is 1.87 bits per heavy atom. The largest absolute Gasteiger partial charge is 0.497 e. The summed E-state index contributed by atoms with van der Waals surface area (Å²) in [7, 11) is 1.65. The third kappa shape index (κ3) is 7.17. The highest BCUT2D eigenvalue weighted by Crippen LogP contribution is 2.29. The molecule has 1 amide bonds. The van der Waals surface area contributed by atoms with E-state index in [1.807, 2.05) is 85.8 Å². The lowest BCUT2D eigenvalue weighted by molar-refractivity contribution is -0.121. The van der Waals surface area contributed by atoms with Gasteiger partial charge in [-0.05, 0) is 78.2 Å². The molecular formula is C32H33N5O2. The SMILES string of the molecule is C=Nc1ccc(-c2cccc(OC)c2)cc1C(=NCc1cccnc1)NCC(Cc1ccccc1C)C(N)=O. The van der Waals surface area contributed by atoms with Crippen molar-refractivity contribution in [3.05, 3.63) is 114 Å². The zero-order chi connectivity index (χ0) is 27.6. The molecule has 0 saturated heterocycles. The fourth-order valence-electron chi connectivity index (χ4n) is 4.34. The number of benzene rings is 3. The molecule has 1 heterocycles. The van der Waals surface area contributed by atoms with Gasteiger partial charge in [-0.2, -0.15) is 0 Å². The Morgan fingerprint density at radius 1 is 1.05 bits per heavy atom. The van der Waals surface area contributed by atoms with Gasteiger partial charge in [0.05, 0.1) is 25.3 Å². The molecule has 3 N–H and O–H groups in total. The van der Waals surface area contributed by atoms with Gasteiger partial charge in [0.15, 0.2) is 0 Å². The van der Waals surface area contributed by atoms with Crippen molar-refractivity contribution in [2.24, 2.45) is 21.6 Å². The van der Waals surface area contributed by atoms with E-state index in [0.29, 0.717) is 31.0 Å². The number of rotatable bonds is 11. The number of aliphatic imine (C=N–C) groups is 2. The summed E-state index contributed by atoms with van der Waals surface area (Å²) >= 11 is 0. The summed E-state index contributed by atoms with van der Waals surface area (Å²) in [5.74, 6) is 0.562. The highest BCUT2D eigenvalue weighted by Gasteiger charge is 2.19. The Hall–Kier alpha value is -4.78. The first kappa shape index (κ1) is 27.3. The van der Waals surface area contributed by atoms with Gasteiger partial charge in [0.2, 0.25) is 5.91 Å². The molecule has 1 unspecified atom stereocenters. The van der Waals surface area contributed by atoms with Crippen molar-refractivity contribution in [1.29, 1.82) is 0 Å². The number of carbonyl (C=O) groups is 1. The molecule has 0 radical (unpaired) electrons. The molecule has 0 aliphatic rings. The second-order valence-electron chi connectivity index (χ2n) is 9.26. The second-order valence-corrected chi connectivity index (χ2v) is 9.26. The number of primary amides is 1. The van der Waals surface area contributed by atoms with Crippen LogP contribution in [-0.2, 0) is 17.8 Å². The lowest BCUT2D eigenvalue weighted by Gasteiger charge is -2.19. The van der Waals surface area contributed by atoms with Crippen LogP contribution in [0.15, 0.2) is 101 Å². The van der Waals surface area contributed by atoms with Crippen molar-refractivity contribution in [3.8, 4) is 16.9 Å². The van der Waals surface area contributed by atoms with Gasteiger partial charge in [-0.25, -0.2) is 0 Å². The van der Waals surface area contributed by atoms with Gasteiger partial charge in [0.25, 0.3) is 0 Å². The lowest BCUT2D eigenvalue weighted by Crippen LogP contribution is -2.38. The Morgan fingerprint density at radius 3 is 2.59 bits per heavy atom. The number of aromatic nitrogens is 1. The van der Waals surface area contributed by atoms with Gasteiger partial charge in [-0.1, -0.05) is 48.5 Å². The molecule has 4 aromatic rings. The van der Waals surface area contributed by atoms with Crippen LogP contribution in [0, 0.1) is 12.8 Å². The van der Waals surface area contributed by atoms with Crippen molar-refractivity contribution in [2.75, 3.05) is 13.7 Å². The number of nitrogens with two attached hydrogens (primary N) is 1. The number of hydrogen-bond acceptors (Lipinski definition) is 5. The predicted molar refractivity (Wildman–Crippen MR) is 158 cm³/mol. The zero-order valence-electron chi connectivity index (χ0n) is 22.3. The number of aryl methyl sites for hydroxylation is 1. The first-order valence-electron chi connectivity index (χ1n) is 12.7. The summed E-state index contributed by atoms with van der Waals surface area (Å²) in [6, 6.07) is 25.7. The molecule has 1 atom stereocenters. The van der Waals surface area contributed by atoms with Gasteiger partial charge in [-0.3, -0.25) is 19.8 Å². The normalized spacial score (nSPS) is 12.0. The predicted octanol–water partition coefficient (Wildman–Crippen LogP) is 5.28. The first-order valence-corrected chi connectivity index (χ1v) is 12.7. The molecule has 0 bridgehead atoms. The van der Waals surface area contributed by atoms with Crippen LogP contribution in [-0.4, -0.2) is 37.1 Å². The highest BCUT2D eigenvalue weighted by molar-refractivity contribution is 6.04. The van der Waals surface area contributed by atoms with E-state index < -0.39 is 5.92 Å². The number of nitrogens with zero attached hydrogens (tertiary/aromatic N) is 3. The van der Waals surface area contributed by atoms with E-state index in [-0.39, 0.29) is 5.91 Å². The molecular weight excluding hydrogens is 486 g/mol. The third-order valence-electron chi connectivity index (χ3n) is 6.61. The van der Waals surface area contributed by atoms with E-state index in [9.17, 15) is 4.79 Å². The number of pyridine rings is 1. The molecule has 0 aliphatic carbocycles. The maximum Gasteiger partial charge on any atom is 0.222 e. The fraction of sp³-hybridized carbons (Fsp3) is 0.188. The number of hydrogen-bond donors (Lipinski definition) is 2. The maximum absolute atomic E-state index is 12.5. The molecule has 4 rings (SSSR count). The van der Waals surface area contributed by atoms with Crippen LogP contribution in [0.2, 0.25) is 0 Å². The smallest absolute Gasteiger partial charge is 0.222 e. The average molecular weight is 520 g/mol. The van der Waals surface area contributed by atoms with Crippen molar-refractivity contribution in [3.63, 3.8) is 0 Å². The minimum absolute atomic E-state index is 0.315. The van der Waals surface area contributed by atoms with Crippen LogP contribution in [0.25, 0.3) is 11.1 Å². The highest BCUT2D eigenvalue weighted by atomic mass is 16.5.